The highest BCUT2D eigenvalue weighted by Gasteiger charge is 2.46. The van der Waals surface area contributed by atoms with Crippen LogP contribution in [0.2, 0.25) is 0 Å². The van der Waals surface area contributed by atoms with Crippen molar-refractivity contribution in [1.29, 1.82) is 0 Å². The van der Waals surface area contributed by atoms with Crippen LogP contribution in [-0.2, 0) is 20.8 Å². The zero-order valence-corrected chi connectivity index (χ0v) is 13.5. The number of amides is 2. The van der Waals surface area contributed by atoms with Crippen LogP contribution >= 0.6 is 23.5 Å². The molecular formula is C15H13NO5S2. The molecule has 2 N–H and O–H groups in total. The maximum atomic E-state index is 12.5. The number of carbonyl (C=O) groups is 3. The molecule has 0 aromatic heterocycles. The van der Waals surface area contributed by atoms with E-state index in [1.54, 1.807) is 12.1 Å². The van der Waals surface area contributed by atoms with Gasteiger partial charge in [0.05, 0.1) is 9.81 Å². The highest BCUT2D eigenvalue weighted by Crippen LogP contribution is 2.41. The molecule has 0 aliphatic carbocycles. The third-order valence-corrected chi connectivity index (χ3v) is 6.11. The molecule has 1 atom stereocenters. The molecule has 0 unspecified atom stereocenters. The molecule has 2 aliphatic rings. The molecule has 0 bridgehead atoms. The van der Waals surface area contributed by atoms with Crippen LogP contribution in [0.4, 0.5) is 0 Å². The molecule has 8 heteroatoms. The molecule has 2 aliphatic heterocycles. The molecule has 1 aromatic carbocycles. The highest BCUT2D eigenvalue weighted by molar-refractivity contribution is 8.11. The number of nitrogens with zero attached hydrogens (tertiary/aromatic N) is 1. The van der Waals surface area contributed by atoms with Gasteiger partial charge in [0.1, 0.15) is 11.8 Å². The van der Waals surface area contributed by atoms with Crippen LogP contribution in [0, 0.1) is 0 Å². The summed E-state index contributed by atoms with van der Waals surface area (Å²) in [5, 5.41) is 18.8. The summed E-state index contributed by atoms with van der Waals surface area (Å²) in [6.45, 7) is 0. The van der Waals surface area contributed by atoms with Crippen LogP contribution in [0.25, 0.3) is 0 Å². The molecule has 0 saturated heterocycles. The molecule has 23 heavy (non-hydrogen) atoms. The van der Waals surface area contributed by atoms with E-state index in [1.807, 2.05) is 0 Å². The van der Waals surface area contributed by atoms with Gasteiger partial charge in [-0.3, -0.25) is 14.5 Å². The number of phenolic OH excluding ortho intramolecular Hbond substituents is 1. The number of imide groups is 1. The van der Waals surface area contributed by atoms with Gasteiger partial charge in [0.2, 0.25) is 0 Å². The van der Waals surface area contributed by atoms with Crippen molar-refractivity contribution in [3.05, 3.63) is 39.6 Å². The summed E-state index contributed by atoms with van der Waals surface area (Å²) in [6.07, 6.45) is 0.00296. The van der Waals surface area contributed by atoms with Gasteiger partial charge in [-0.2, -0.15) is 0 Å². The Hall–Kier alpha value is -1.93. The molecule has 1 aromatic rings. The number of carboxylic acids is 1. The number of rotatable bonds is 4. The Morgan fingerprint density at radius 3 is 2.09 bits per heavy atom. The first-order valence-corrected chi connectivity index (χ1v) is 8.84. The van der Waals surface area contributed by atoms with Crippen molar-refractivity contribution in [1.82, 2.24) is 4.90 Å². The fourth-order valence-electron chi connectivity index (χ4n) is 2.47. The maximum absolute atomic E-state index is 12.5. The van der Waals surface area contributed by atoms with Gasteiger partial charge in [0.25, 0.3) is 11.8 Å². The fraction of sp³-hybridized carbons (Fsp3) is 0.267. The van der Waals surface area contributed by atoms with Crippen molar-refractivity contribution in [2.75, 3.05) is 11.5 Å². The summed E-state index contributed by atoms with van der Waals surface area (Å²) in [4.78, 5) is 38.1. The quantitative estimate of drug-likeness (QED) is 0.793. The maximum Gasteiger partial charge on any atom is 0.327 e. The van der Waals surface area contributed by atoms with E-state index < -0.39 is 23.8 Å². The Kier molecular flexibility index (Phi) is 4.36. The number of hydrogen-bond donors (Lipinski definition) is 2. The van der Waals surface area contributed by atoms with Gasteiger partial charge in [-0.1, -0.05) is 12.1 Å². The van der Waals surface area contributed by atoms with Gasteiger partial charge in [-0.25, -0.2) is 4.79 Å². The van der Waals surface area contributed by atoms with Crippen LogP contribution in [0.5, 0.6) is 5.75 Å². The number of carbonyl (C=O) groups excluding carboxylic acids is 2. The molecule has 0 fully saturated rings. The normalized spacial score (nSPS) is 19.0. The van der Waals surface area contributed by atoms with Gasteiger partial charge >= 0.3 is 5.97 Å². The van der Waals surface area contributed by atoms with Crippen molar-refractivity contribution in [2.24, 2.45) is 0 Å². The average molecular weight is 351 g/mol. The minimum atomic E-state index is -1.26. The number of carboxylic acid groups (broad SMARTS) is 1. The summed E-state index contributed by atoms with van der Waals surface area (Å²) >= 11 is 2.62. The van der Waals surface area contributed by atoms with E-state index in [0.717, 1.165) is 16.4 Å². The van der Waals surface area contributed by atoms with Crippen LogP contribution in [0.3, 0.4) is 0 Å². The predicted octanol–water partition coefficient (Wildman–Crippen LogP) is 1.45. The summed E-state index contributed by atoms with van der Waals surface area (Å²) in [6, 6.07) is 4.78. The molecular weight excluding hydrogens is 338 g/mol. The second kappa shape index (κ2) is 6.29. The number of phenols is 1. The van der Waals surface area contributed by atoms with Crippen molar-refractivity contribution < 1.29 is 24.6 Å². The SMILES string of the molecule is O=C(O)[C@H](Cc1ccc(O)cc1)N1C(=O)C2=C(SCCS2)C1=O. The smallest absolute Gasteiger partial charge is 0.327 e. The van der Waals surface area contributed by atoms with Gasteiger partial charge in [0.15, 0.2) is 0 Å². The van der Waals surface area contributed by atoms with Crippen LogP contribution < -0.4 is 0 Å². The first kappa shape index (κ1) is 15.9. The van der Waals surface area contributed by atoms with Crippen LogP contribution in [0.15, 0.2) is 34.1 Å². The second-order valence-electron chi connectivity index (χ2n) is 5.06. The van der Waals surface area contributed by atoms with Crippen molar-refractivity contribution in [3.63, 3.8) is 0 Å². The van der Waals surface area contributed by atoms with Crippen LogP contribution in [0.1, 0.15) is 5.56 Å². The number of aliphatic carboxylic acids is 1. The zero-order valence-electron chi connectivity index (χ0n) is 11.9. The Balaban J connectivity index is 1.87. The monoisotopic (exact) mass is 351 g/mol. The summed E-state index contributed by atoms with van der Waals surface area (Å²) in [7, 11) is 0. The van der Waals surface area contributed by atoms with E-state index >= 15 is 0 Å². The van der Waals surface area contributed by atoms with Gasteiger partial charge in [-0.05, 0) is 17.7 Å². The molecule has 2 amide bonds. The van der Waals surface area contributed by atoms with Crippen molar-refractivity contribution in [2.45, 2.75) is 12.5 Å². The topological polar surface area (TPSA) is 94.9 Å². The molecule has 120 valence electrons. The van der Waals surface area contributed by atoms with E-state index in [1.165, 1.54) is 35.7 Å². The Morgan fingerprint density at radius 1 is 1.09 bits per heavy atom. The van der Waals surface area contributed by atoms with E-state index in [2.05, 4.69) is 0 Å². The molecule has 2 heterocycles. The number of aromatic hydroxyl groups is 1. The number of thioether (sulfide) groups is 2. The van der Waals surface area contributed by atoms with E-state index in [-0.39, 0.29) is 12.2 Å². The average Bonchev–Trinajstić information content (AvgIpc) is 2.79. The zero-order chi connectivity index (χ0) is 16.6. The molecule has 0 saturated carbocycles. The molecule has 0 spiro atoms. The standard InChI is InChI=1S/C15H13NO5S2/c17-9-3-1-8(2-4-9)7-10(15(20)21)16-13(18)11-12(14(16)19)23-6-5-22-11/h1-4,10,17H,5-7H2,(H,20,21)/t10-/m0/s1. The first-order chi connectivity index (χ1) is 11.0. The fourth-order valence-corrected chi connectivity index (χ4v) is 4.78. The Bertz CT molecular complexity index is 685. The van der Waals surface area contributed by atoms with E-state index in [0.29, 0.717) is 15.4 Å². The number of hydrogen-bond acceptors (Lipinski definition) is 6. The lowest BCUT2D eigenvalue weighted by atomic mass is 10.0. The van der Waals surface area contributed by atoms with Gasteiger partial charge in [0, 0.05) is 17.9 Å². The number of benzene rings is 1. The van der Waals surface area contributed by atoms with E-state index in [9.17, 15) is 24.6 Å². The lowest BCUT2D eigenvalue weighted by molar-refractivity contribution is -0.153. The van der Waals surface area contributed by atoms with E-state index in [4.69, 9.17) is 0 Å². The van der Waals surface area contributed by atoms with Crippen molar-refractivity contribution >= 4 is 41.3 Å². The Labute approximate surface area is 140 Å². The highest BCUT2D eigenvalue weighted by atomic mass is 32.2. The Morgan fingerprint density at radius 2 is 1.61 bits per heavy atom. The first-order valence-electron chi connectivity index (χ1n) is 6.87. The summed E-state index contributed by atoms with van der Waals surface area (Å²) < 4.78 is 0. The van der Waals surface area contributed by atoms with Crippen LogP contribution in [-0.4, -0.2) is 50.4 Å². The third kappa shape index (κ3) is 2.96. The lowest BCUT2D eigenvalue weighted by Gasteiger charge is -2.23. The third-order valence-electron chi connectivity index (χ3n) is 3.57. The summed E-state index contributed by atoms with van der Waals surface area (Å²) in [5.74, 6) is -0.742. The van der Waals surface area contributed by atoms with Gasteiger partial charge in [-0.15, -0.1) is 23.5 Å². The minimum absolute atomic E-state index is 0.00296. The predicted molar refractivity (Wildman–Crippen MR) is 87.0 cm³/mol. The molecule has 6 nitrogen and oxygen atoms in total. The molecule has 3 rings (SSSR count). The minimum Gasteiger partial charge on any atom is -0.508 e. The largest absolute Gasteiger partial charge is 0.508 e. The van der Waals surface area contributed by atoms with Crippen molar-refractivity contribution in [3.8, 4) is 5.75 Å². The molecule has 0 radical (unpaired) electrons. The summed E-state index contributed by atoms with van der Waals surface area (Å²) in [5.41, 5.74) is 0.626. The van der Waals surface area contributed by atoms with Gasteiger partial charge < -0.3 is 10.2 Å². The lowest BCUT2D eigenvalue weighted by Crippen LogP contribution is -2.47. The second-order valence-corrected chi connectivity index (χ2v) is 7.27.